The number of piperazine rings is 1. The lowest BCUT2D eigenvalue weighted by Gasteiger charge is -2.33. The second kappa shape index (κ2) is 7.01. The Kier molecular flexibility index (Phi) is 5.17. The number of halogens is 2. The molecule has 0 spiro atoms. The van der Waals surface area contributed by atoms with Gasteiger partial charge < -0.3 is 4.90 Å². The SMILES string of the molecule is O=C(c1ccc(Cl)cc1Cl)N1CCN(S(=O)(=O)c2cccs2)CC1. The first-order valence-electron chi connectivity index (χ1n) is 7.17. The van der Waals surface area contributed by atoms with Gasteiger partial charge in [0, 0.05) is 31.2 Å². The molecule has 0 saturated carbocycles. The van der Waals surface area contributed by atoms with Gasteiger partial charge in [0.15, 0.2) is 0 Å². The maximum absolute atomic E-state index is 12.5. The van der Waals surface area contributed by atoms with Crippen molar-refractivity contribution in [3.63, 3.8) is 0 Å². The number of hydrogen-bond donors (Lipinski definition) is 0. The van der Waals surface area contributed by atoms with Gasteiger partial charge in [0.2, 0.25) is 0 Å². The van der Waals surface area contributed by atoms with Crippen molar-refractivity contribution >= 4 is 50.5 Å². The molecular formula is C15H14Cl2N2O3S2. The van der Waals surface area contributed by atoms with Crippen molar-refractivity contribution in [1.82, 2.24) is 9.21 Å². The maximum atomic E-state index is 12.5. The monoisotopic (exact) mass is 404 g/mol. The van der Waals surface area contributed by atoms with Crippen molar-refractivity contribution < 1.29 is 13.2 Å². The Morgan fingerprint density at radius 3 is 2.38 bits per heavy atom. The van der Waals surface area contributed by atoms with Gasteiger partial charge in [-0.1, -0.05) is 29.3 Å². The van der Waals surface area contributed by atoms with Crippen LogP contribution in [0.3, 0.4) is 0 Å². The van der Waals surface area contributed by atoms with E-state index in [9.17, 15) is 13.2 Å². The second-order valence-electron chi connectivity index (χ2n) is 5.25. The van der Waals surface area contributed by atoms with Crippen LogP contribution in [-0.4, -0.2) is 49.7 Å². The summed E-state index contributed by atoms with van der Waals surface area (Å²) in [7, 11) is -3.48. The molecule has 1 aliphatic heterocycles. The molecule has 0 radical (unpaired) electrons. The normalized spacial score (nSPS) is 16.3. The minimum atomic E-state index is -3.48. The summed E-state index contributed by atoms with van der Waals surface area (Å²) in [6.45, 7) is 1.17. The smallest absolute Gasteiger partial charge is 0.255 e. The van der Waals surface area contributed by atoms with Gasteiger partial charge in [-0.15, -0.1) is 11.3 Å². The summed E-state index contributed by atoms with van der Waals surface area (Å²) in [5.41, 5.74) is 0.371. The van der Waals surface area contributed by atoms with Crippen LogP contribution in [0.1, 0.15) is 10.4 Å². The van der Waals surface area contributed by atoms with Crippen LogP contribution in [0.25, 0.3) is 0 Å². The molecule has 0 aliphatic carbocycles. The van der Waals surface area contributed by atoms with Gasteiger partial charge in [0.05, 0.1) is 10.6 Å². The summed E-state index contributed by atoms with van der Waals surface area (Å²) in [6.07, 6.45) is 0. The second-order valence-corrected chi connectivity index (χ2v) is 9.21. The lowest BCUT2D eigenvalue weighted by Crippen LogP contribution is -2.50. The standard InChI is InChI=1S/C15H14Cl2N2O3S2/c16-11-3-4-12(13(17)10-11)15(20)18-5-7-19(8-6-18)24(21,22)14-2-1-9-23-14/h1-4,9-10H,5-8H2. The first-order chi connectivity index (χ1) is 11.4. The van der Waals surface area contributed by atoms with Gasteiger partial charge in [0.1, 0.15) is 4.21 Å². The van der Waals surface area contributed by atoms with Crippen LogP contribution in [0.4, 0.5) is 0 Å². The van der Waals surface area contributed by atoms with Gasteiger partial charge in [-0.25, -0.2) is 8.42 Å². The Morgan fingerprint density at radius 2 is 1.79 bits per heavy atom. The zero-order chi connectivity index (χ0) is 17.3. The van der Waals surface area contributed by atoms with E-state index in [1.807, 2.05) is 0 Å². The molecule has 1 aliphatic rings. The zero-order valence-electron chi connectivity index (χ0n) is 12.5. The fourth-order valence-corrected chi connectivity index (χ4v) is 5.56. The maximum Gasteiger partial charge on any atom is 0.255 e. The molecule has 5 nitrogen and oxygen atoms in total. The Labute approximate surface area is 154 Å². The van der Waals surface area contributed by atoms with Gasteiger partial charge in [-0.3, -0.25) is 4.79 Å². The summed E-state index contributed by atoms with van der Waals surface area (Å²) in [6, 6.07) is 8.01. The third-order valence-electron chi connectivity index (χ3n) is 3.78. The molecule has 0 unspecified atom stereocenters. The van der Waals surface area contributed by atoms with Crippen LogP contribution in [0.15, 0.2) is 39.9 Å². The van der Waals surface area contributed by atoms with E-state index in [4.69, 9.17) is 23.2 Å². The van der Waals surface area contributed by atoms with Crippen LogP contribution in [0.5, 0.6) is 0 Å². The molecule has 128 valence electrons. The molecule has 1 saturated heterocycles. The highest BCUT2D eigenvalue weighted by Crippen LogP contribution is 2.25. The number of carbonyl (C=O) groups excluding carboxylic acids is 1. The van der Waals surface area contributed by atoms with Crippen LogP contribution in [-0.2, 0) is 10.0 Å². The lowest BCUT2D eigenvalue weighted by molar-refractivity contribution is 0.0698. The molecule has 0 bridgehead atoms. The quantitative estimate of drug-likeness (QED) is 0.788. The molecule has 24 heavy (non-hydrogen) atoms. The highest BCUT2D eigenvalue weighted by molar-refractivity contribution is 7.91. The van der Waals surface area contributed by atoms with Crippen LogP contribution in [0, 0.1) is 0 Å². The topological polar surface area (TPSA) is 57.7 Å². The fourth-order valence-electron chi connectivity index (χ4n) is 2.50. The van der Waals surface area contributed by atoms with E-state index in [0.29, 0.717) is 32.9 Å². The average Bonchev–Trinajstić information content (AvgIpc) is 3.10. The molecule has 0 atom stereocenters. The van der Waals surface area contributed by atoms with E-state index >= 15 is 0 Å². The van der Waals surface area contributed by atoms with Gasteiger partial charge in [-0.05, 0) is 29.6 Å². The molecule has 1 fully saturated rings. The summed E-state index contributed by atoms with van der Waals surface area (Å²) in [5.74, 6) is -0.218. The zero-order valence-corrected chi connectivity index (χ0v) is 15.6. The molecule has 1 aromatic heterocycles. The predicted molar refractivity (Wildman–Crippen MR) is 95.4 cm³/mol. The molecule has 2 aromatic rings. The number of amides is 1. The number of rotatable bonds is 3. The number of carbonyl (C=O) groups is 1. The van der Waals surface area contributed by atoms with Gasteiger partial charge in [-0.2, -0.15) is 4.31 Å². The Hall–Kier alpha value is -1.12. The molecule has 1 aromatic carbocycles. The van der Waals surface area contributed by atoms with E-state index < -0.39 is 10.0 Å². The summed E-state index contributed by atoms with van der Waals surface area (Å²) >= 11 is 13.1. The first-order valence-corrected chi connectivity index (χ1v) is 10.2. The summed E-state index contributed by atoms with van der Waals surface area (Å²) < 4.78 is 26.7. The minimum Gasteiger partial charge on any atom is -0.336 e. The van der Waals surface area contributed by atoms with Crippen molar-refractivity contribution in [3.05, 3.63) is 51.3 Å². The Morgan fingerprint density at radius 1 is 1.08 bits per heavy atom. The lowest BCUT2D eigenvalue weighted by atomic mass is 10.2. The molecule has 1 amide bonds. The van der Waals surface area contributed by atoms with Crippen LogP contribution < -0.4 is 0 Å². The molecular weight excluding hydrogens is 391 g/mol. The van der Waals surface area contributed by atoms with Crippen molar-refractivity contribution in [3.8, 4) is 0 Å². The number of nitrogens with zero attached hydrogens (tertiary/aromatic N) is 2. The van der Waals surface area contributed by atoms with Crippen molar-refractivity contribution in [2.24, 2.45) is 0 Å². The molecule has 3 rings (SSSR count). The third-order valence-corrected chi connectivity index (χ3v) is 7.60. The van der Waals surface area contributed by atoms with Crippen molar-refractivity contribution in [2.75, 3.05) is 26.2 Å². The van der Waals surface area contributed by atoms with E-state index in [1.54, 1.807) is 34.5 Å². The third kappa shape index (κ3) is 3.45. The van der Waals surface area contributed by atoms with E-state index in [1.165, 1.54) is 21.7 Å². The predicted octanol–water partition coefficient (Wildman–Crippen LogP) is 3.20. The van der Waals surface area contributed by atoms with E-state index in [2.05, 4.69) is 0 Å². The largest absolute Gasteiger partial charge is 0.336 e. The van der Waals surface area contributed by atoms with Crippen molar-refractivity contribution in [1.29, 1.82) is 0 Å². The van der Waals surface area contributed by atoms with Gasteiger partial charge in [0.25, 0.3) is 15.9 Å². The number of thiophene rings is 1. The first kappa shape index (κ1) is 17.7. The fraction of sp³-hybridized carbons (Fsp3) is 0.267. The molecule has 0 N–H and O–H groups in total. The number of benzene rings is 1. The van der Waals surface area contributed by atoms with E-state index in [-0.39, 0.29) is 19.0 Å². The molecule has 9 heteroatoms. The highest BCUT2D eigenvalue weighted by atomic mass is 35.5. The number of sulfonamides is 1. The van der Waals surface area contributed by atoms with E-state index in [0.717, 1.165) is 0 Å². The summed E-state index contributed by atoms with van der Waals surface area (Å²) in [5, 5.41) is 2.49. The average molecular weight is 405 g/mol. The van der Waals surface area contributed by atoms with Crippen molar-refractivity contribution in [2.45, 2.75) is 4.21 Å². The summed E-state index contributed by atoms with van der Waals surface area (Å²) in [4.78, 5) is 14.2. The Balaban J connectivity index is 1.70. The minimum absolute atomic E-state index is 0.218. The Bertz CT molecular complexity index is 846. The number of hydrogen-bond acceptors (Lipinski definition) is 4. The van der Waals surface area contributed by atoms with Gasteiger partial charge >= 0.3 is 0 Å². The highest BCUT2D eigenvalue weighted by Gasteiger charge is 2.31. The van der Waals surface area contributed by atoms with Crippen LogP contribution in [0.2, 0.25) is 10.0 Å². The molecule has 2 heterocycles. The van der Waals surface area contributed by atoms with Crippen LogP contribution >= 0.6 is 34.5 Å².